The number of nitrogens with zero attached hydrogens (tertiary/aromatic N) is 3. The van der Waals surface area contributed by atoms with Crippen LogP contribution < -0.4 is 4.74 Å². The molecule has 1 fully saturated rings. The van der Waals surface area contributed by atoms with Gasteiger partial charge < -0.3 is 9.64 Å². The number of amides is 1. The Morgan fingerprint density at radius 1 is 1.30 bits per heavy atom. The Morgan fingerprint density at radius 2 is 2.00 bits per heavy atom. The van der Waals surface area contributed by atoms with E-state index < -0.39 is 11.9 Å². The van der Waals surface area contributed by atoms with Gasteiger partial charge in [0.15, 0.2) is 0 Å². The lowest BCUT2D eigenvalue weighted by Crippen LogP contribution is -2.46. The van der Waals surface area contributed by atoms with Gasteiger partial charge in [-0.2, -0.15) is 10.2 Å². The number of hydrogen-bond acceptors (Lipinski definition) is 4. The van der Waals surface area contributed by atoms with Crippen LogP contribution in [0.5, 0.6) is 5.75 Å². The Morgan fingerprint density at radius 3 is 2.63 bits per heavy atom. The van der Waals surface area contributed by atoms with Crippen LogP contribution in [0.2, 0.25) is 0 Å². The topological polar surface area (TPSA) is 55.3 Å². The van der Waals surface area contributed by atoms with Gasteiger partial charge in [0.05, 0.1) is 17.5 Å². The van der Waals surface area contributed by atoms with E-state index in [1.165, 1.54) is 18.3 Å². The molecule has 8 heteroatoms. The van der Waals surface area contributed by atoms with E-state index in [0.717, 1.165) is 18.4 Å². The molecule has 0 spiro atoms. The number of halogens is 3. The highest BCUT2D eigenvalue weighted by Crippen LogP contribution is 2.34. The summed E-state index contributed by atoms with van der Waals surface area (Å²) < 4.78 is 40.8. The van der Waals surface area contributed by atoms with Crippen LogP contribution in [0.4, 0.5) is 13.2 Å². The van der Waals surface area contributed by atoms with Gasteiger partial charge in [0.1, 0.15) is 5.75 Å². The van der Waals surface area contributed by atoms with Crippen LogP contribution in [0.1, 0.15) is 41.4 Å². The predicted molar refractivity (Wildman–Crippen MR) is 92.3 cm³/mol. The van der Waals surface area contributed by atoms with Crippen molar-refractivity contribution < 1.29 is 22.7 Å². The van der Waals surface area contributed by atoms with Gasteiger partial charge in [-0.15, -0.1) is 13.2 Å². The Balaban J connectivity index is 1.75. The number of carbonyl (C=O) groups excluding carboxylic acids is 1. The van der Waals surface area contributed by atoms with Gasteiger partial charge in [-0.05, 0) is 56.9 Å². The molecule has 144 valence electrons. The van der Waals surface area contributed by atoms with E-state index in [9.17, 15) is 18.0 Å². The zero-order valence-electron chi connectivity index (χ0n) is 15.1. The fourth-order valence-electron chi connectivity index (χ4n) is 3.55. The fraction of sp³-hybridized carbons (Fsp3) is 0.421. The quantitative estimate of drug-likeness (QED) is 0.808. The lowest BCUT2D eigenvalue weighted by atomic mass is 9.89. The third-order valence-corrected chi connectivity index (χ3v) is 4.76. The number of aryl methyl sites for hydroxylation is 1. The number of likely N-dealkylation sites (tertiary alicyclic amines) is 1. The molecular formula is C19H20F3N3O2. The van der Waals surface area contributed by atoms with Crippen LogP contribution in [0.15, 0.2) is 36.5 Å². The van der Waals surface area contributed by atoms with E-state index in [1.807, 2.05) is 11.8 Å². The summed E-state index contributed by atoms with van der Waals surface area (Å²) in [6.07, 6.45) is -1.02. The molecule has 27 heavy (non-hydrogen) atoms. The van der Waals surface area contributed by atoms with Crippen molar-refractivity contribution in [2.24, 2.45) is 0 Å². The number of aromatic nitrogens is 2. The first-order valence-corrected chi connectivity index (χ1v) is 8.62. The summed E-state index contributed by atoms with van der Waals surface area (Å²) in [6.45, 7) is 4.41. The van der Waals surface area contributed by atoms with Crippen molar-refractivity contribution in [3.8, 4) is 5.75 Å². The maximum Gasteiger partial charge on any atom is 0.573 e. The minimum Gasteiger partial charge on any atom is -0.406 e. The van der Waals surface area contributed by atoms with Crippen molar-refractivity contribution in [3.63, 3.8) is 0 Å². The smallest absolute Gasteiger partial charge is 0.406 e. The normalized spacial score (nSPS) is 20.0. The molecule has 0 radical (unpaired) electrons. The molecule has 1 amide bonds. The van der Waals surface area contributed by atoms with Crippen LogP contribution in [0, 0.1) is 6.92 Å². The summed E-state index contributed by atoms with van der Waals surface area (Å²) in [5.74, 6) is -0.362. The van der Waals surface area contributed by atoms with Crippen molar-refractivity contribution >= 4 is 5.91 Å². The number of benzene rings is 1. The molecule has 0 saturated carbocycles. The molecule has 1 unspecified atom stereocenters. The monoisotopic (exact) mass is 379 g/mol. The van der Waals surface area contributed by atoms with Crippen LogP contribution in [-0.2, 0) is 6.42 Å². The molecule has 1 saturated heterocycles. The first-order chi connectivity index (χ1) is 12.7. The summed E-state index contributed by atoms with van der Waals surface area (Å²) in [5.41, 5.74) is 1.59. The van der Waals surface area contributed by atoms with Gasteiger partial charge in [0.2, 0.25) is 0 Å². The number of alkyl halides is 3. The summed E-state index contributed by atoms with van der Waals surface area (Å²) in [4.78, 5) is 14.8. The molecule has 1 aliphatic heterocycles. The minimum absolute atomic E-state index is 0.106. The van der Waals surface area contributed by atoms with E-state index >= 15 is 0 Å². The molecule has 1 aromatic heterocycles. The summed E-state index contributed by atoms with van der Waals surface area (Å²) >= 11 is 0. The zero-order valence-corrected chi connectivity index (χ0v) is 15.1. The second kappa shape index (κ2) is 7.17. The summed E-state index contributed by atoms with van der Waals surface area (Å²) in [5, 5.41) is 7.72. The highest BCUT2D eigenvalue weighted by molar-refractivity contribution is 5.94. The number of rotatable bonds is 4. The van der Waals surface area contributed by atoms with Crippen molar-refractivity contribution in [3.05, 3.63) is 53.3 Å². The minimum atomic E-state index is -4.71. The van der Waals surface area contributed by atoms with Crippen LogP contribution >= 0.6 is 0 Å². The van der Waals surface area contributed by atoms with Crippen molar-refractivity contribution in [1.82, 2.24) is 15.1 Å². The second-order valence-electron chi connectivity index (χ2n) is 7.01. The van der Waals surface area contributed by atoms with Crippen molar-refractivity contribution in [2.45, 2.75) is 45.0 Å². The van der Waals surface area contributed by atoms with E-state index in [-0.39, 0.29) is 11.7 Å². The third kappa shape index (κ3) is 4.56. The summed E-state index contributed by atoms with van der Waals surface area (Å²) in [7, 11) is 0. The third-order valence-electron chi connectivity index (χ3n) is 4.76. The fourth-order valence-corrected chi connectivity index (χ4v) is 3.55. The van der Waals surface area contributed by atoms with E-state index in [2.05, 4.69) is 14.9 Å². The van der Waals surface area contributed by atoms with Gasteiger partial charge in [-0.3, -0.25) is 4.79 Å². The second-order valence-corrected chi connectivity index (χ2v) is 7.01. The molecular weight excluding hydrogens is 359 g/mol. The van der Waals surface area contributed by atoms with Crippen LogP contribution in [-0.4, -0.2) is 39.5 Å². The lowest BCUT2D eigenvalue weighted by Gasteiger charge is -2.35. The summed E-state index contributed by atoms with van der Waals surface area (Å²) in [6, 6.07) is 7.50. The zero-order chi connectivity index (χ0) is 19.7. The van der Waals surface area contributed by atoms with Gasteiger partial charge in [-0.25, -0.2) is 0 Å². The molecule has 0 bridgehead atoms. The Bertz CT molecular complexity index is 824. The van der Waals surface area contributed by atoms with Crippen molar-refractivity contribution in [2.75, 3.05) is 6.54 Å². The van der Waals surface area contributed by atoms with Crippen molar-refractivity contribution in [1.29, 1.82) is 0 Å². The van der Waals surface area contributed by atoms with Gasteiger partial charge in [0, 0.05) is 12.1 Å². The molecule has 0 N–H and O–H groups in total. The highest BCUT2D eigenvalue weighted by atomic mass is 19.4. The standard InChI is InChI=1S/C19H20F3N3O2/c1-13-10-15(12-23-24-13)17(26)25-9-3-8-18(25,2)11-14-4-6-16(7-5-14)27-19(20,21)22/h4-7,10,12H,3,8-9,11H2,1-2H3. The molecule has 2 aromatic rings. The number of hydrogen-bond donors (Lipinski definition) is 0. The van der Waals surface area contributed by atoms with Crippen LogP contribution in [0.3, 0.4) is 0 Å². The molecule has 1 atom stereocenters. The van der Waals surface area contributed by atoms with Crippen LogP contribution in [0.25, 0.3) is 0 Å². The van der Waals surface area contributed by atoms with E-state index in [4.69, 9.17) is 0 Å². The first-order valence-electron chi connectivity index (χ1n) is 8.62. The molecule has 1 aromatic carbocycles. The molecule has 0 aliphatic carbocycles. The van der Waals surface area contributed by atoms with E-state index in [1.54, 1.807) is 25.1 Å². The first kappa shape index (κ1) is 19.1. The maximum absolute atomic E-state index is 12.9. The SMILES string of the molecule is Cc1cc(C(=O)N2CCCC2(C)Cc2ccc(OC(F)(F)F)cc2)cnn1. The molecule has 3 rings (SSSR count). The molecule has 2 heterocycles. The molecule has 5 nitrogen and oxygen atoms in total. The maximum atomic E-state index is 12.9. The average molecular weight is 379 g/mol. The Labute approximate surface area is 155 Å². The average Bonchev–Trinajstić information content (AvgIpc) is 2.96. The molecule has 1 aliphatic rings. The Kier molecular flexibility index (Phi) is 5.08. The highest BCUT2D eigenvalue weighted by Gasteiger charge is 2.40. The number of carbonyl (C=O) groups is 1. The number of ether oxygens (including phenoxy) is 1. The van der Waals surface area contributed by atoms with Gasteiger partial charge in [-0.1, -0.05) is 12.1 Å². The Hall–Kier alpha value is -2.64. The largest absolute Gasteiger partial charge is 0.573 e. The lowest BCUT2D eigenvalue weighted by molar-refractivity contribution is -0.274. The van der Waals surface area contributed by atoms with Gasteiger partial charge >= 0.3 is 6.36 Å². The predicted octanol–water partition coefficient (Wildman–Crippen LogP) is 3.92. The van der Waals surface area contributed by atoms with Gasteiger partial charge in [0.25, 0.3) is 5.91 Å². The van der Waals surface area contributed by atoms with E-state index in [0.29, 0.717) is 24.2 Å².